The second-order valence-electron chi connectivity index (χ2n) is 5.45. The van der Waals surface area contributed by atoms with Gasteiger partial charge < -0.3 is 18.9 Å². The summed E-state index contributed by atoms with van der Waals surface area (Å²) >= 11 is 0. The average molecular weight is 330 g/mol. The Kier molecular flexibility index (Phi) is 5.63. The zero-order valence-corrected chi connectivity index (χ0v) is 14.5. The second kappa shape index (κ2) is 7.68. The van der Waals surface area contributed by atoms with Gasteiger partial charge in [0.2, 0.25) is 0 Å². The fourth-order valence-corrected chi connectivity index (χ4v) is 2.50. The van der Waals surface area contributed by atoms with Crippen LogP contribution < -0.4 is 9.47 Å². The summed E-state index contributed by atoms with van der Waals surface area (Å²) in [4.78, 5) is 14.3. The number of ether oxygens (including phenoxy) is 2. The maximum absolute atomic E-state index is 12.7. The highest BCUT2D eigenvalue weighted by molar-refractivity contribution is 5.95. The lowest BCUT2D eigenvalue weighted by Crippen LogP contribution is -2.26. The molecule has 0 spiro atoms. The summed E-state index contributed by atoms with van der Waals surface area (Å²) in [6.07, 6.45) is 2.33. The third-order valence-corrected chi connectivity index (χ3v) is 3.59. The van der Waals surface area contributed by atoms with Crippen molar-refractivity contribution in [3.8, 4) is 11.5 Å². The highest BCUT2D eigenvalue weighted by atomic mass is 16.5. The Morgan fingerprint density at radius 2 is 2.08 bits per heavy atom. The van der Waals surface area contributed by atoms with Crippen LogP contribution in [-0.4, -0.2) is 37.2 Å². The van der Waals surface area contributed by atoms with Crippen LogP contribution in [0.5, 0.6) is 11.5 Å². The van der Waals surface area contributed by atoms with E-state index in [1.165, 1.54) is 0 Å². The van der Waals surface area contributed by atoms with Crippen LogP contribution in [0.1, 0.15) is 27.4 Å². The number of carbonyl (C=O) groups is 1. The molecule has 6 heteroatoms. The van der Waals surface area contributed by atoms with Crippen molar-refractivity contribution in [2.24, 2.45) is 0 Å². The number of allylic oxidation sites excluding steroid dienone is 1. The molecule has 0 unspecified atom stereocenters. The van der Waals surface area contributed by atoms with Crippen molar-refractivity contribution in [1.82, 2.24) is 10.1 Å². The summed E-state index contributed by atoms with van der Waals surface area (Å²) in [5.41, 5.74) is 2.07. The maximum atomic E-state index is 12.7. The van der Waals surface area contributed by atoms with E-state index in [1.54, 1.807) is 44.4 Å². The Bertz CT molecular complexity index is 737. The molecule has 0 fully saturated rings. The molecule has 2 rings (SSSR count). The van der Waals surface area contributed by atoms with Crippen LogP contribution in [0, 0.1) is 6.92 Å². The van der Waals surface area contributed by atoms with E-state index in [2.05, 4.69) is 11.7 Å². The zero-order chi connectivity index (χ0) is 17.7. The molecule has 128 valence electrons. The zero-order valence-electron chi connectivity index (χ0n) is 14.5. The Morgan fingerprint density at radius 1 is 1.33 bits per heavy atom. The SMILES string of the molecule is C=CCc1cc(C(=O)N(C)Cc2cc(C)on2)cc(OC)c1OC. The molecule has 0 aliphatic carbocycles. The van der Waals surface area contributed by atoms with Crippen molar-refractivity contribution in [2.45, 2.75) is 19.9 Å². The lowest BCUT2D eigenvalue weighted by atomic mass is 10.0. The summed E-state index contributed by atoms with van der Waals surface area (Å²) < 4.78 is 15.8. The van der Waals surface area contributed by atoms with Gasteiger partial charge in [0.25, 0.3) is 5.91 Å². The van der Waals surface area contributed by atoms with Gasteiger partial charge in [-0.25, -0.2) is 0 Å². The number of hydrogen-bond acceptors (Lipinski definition) is 5. The number of aromatic nitrogens is 1. The standard InChI is InChI=1S/C18H22N2O4/c1-6-7-13-9-14(10-16(22-4)17(13)23-5)18(21)20(3)11-15-8-12(2)24-19-15/h6,8-10H,1,7,11H2,2-5H3. The van der Waals surface area contributed by atoms with Gasteiger partial charge >= 0.3 is 0 Å². The molecule has 0 aliphatic rings. The van der Waals surface area contributed by atoms with Crippen LogP contribution >= 0.6 is 0 Å². The van der Waals surface area contributed by atoms with Crippen molar-refractivity contribution in [3.63, 3.8) is 0 Å². The van der Waals surface area contributed by atoms with Gasteiger partial charge in [-0.15, -0.1) is 6.58 Å². The van der Waals surface area contributed by atoms with E-state index in [4.69, 9.17) is 14.0 Å². The first-order valence-corrected chi connectivity index (χ1v) is 7.53. The Hall–Kier alpha value is -2.76. The first kappa shape index (κ1) is 17.6. The van der Waals surface area contributed by atoms with Crippen LogP contribution in [0.4, 0.5) is 0 Å². The van der Waals surface area contributed by atoms with Gasteiger partial charge in [0.1, 0.15) is 11.5 Å². The molecule has 2 aromatic rings. The molecule has 0 saturated carbocycles. The second-order valence-corrected chi connectivity index (χ2v) is 5.45. The molecular weight excluding hydrogens is 308 g/mol. The molecule has 0 saturated heterocycles. The molecular formula is C18H22N2O4. The van der Waals surface area contributed by atoms with Crippen molar-refractivity contribution in [3.05, 3.63) is 53.4 Å². The number of methoxy groups -OCH3 is 2. The van der Waals surface area contributed by atoms with Gasteiger partial charge in [-0.2, -0.15) is 0 Å². The molecule has 0 atom stereocenters. The largest absolute Gasteiger partial charge is 0.493 e. The number of amides is 1. The van der Waals surface area contributed by atoms with Gasteiger partial charge in [-0.05, 0) is 25.5 Å². The van der Waals surface area contributed by atoms with E-state index >= 15 is 0 Å². The minimum Gasteiger partial charge on any atom is -0.493 e. The first-order chi connectivity index (χ1) is 11.5. The lowest BCUT2D eigenvalue weighted by Gasteiger charge is -2.18. The monoisotopic (exact) mass is 330 g/mol. The topological polar surface area (TPSA) is 64.8 Å². The van der Waals surface area contributed by atoms with Crippen LogP contribution in [-0.2, 0) is 13.0 Å². The van der Waals surface area contributed by atoms with E-state index in [0.717, 1.165) is 5.56 Å². The van der Waals surface area contributed by atoms with E-state index in [-0.39, 0.29) is 5.91 Å². The minimum absolute atomic E-state index is 0.137. The van der Waals surface area contributed by atoms with Gasteiger partial charge in [0, 0.05) is 24.2 Å². The van der Waals surface area contributed by atoms with Crippen LogP contribution in [0.3, 0.4) is 0 Å². The molecule has 0 bridgehead atoms. The summed E-state index contributed by atoms with van der Waals surface area (Å²) in [5, 5.41) is 3.91. The molecule has 1 amide bonds. The molecule has 0 radical (unpaired) electrons. The third kappa shape index (κ3) is 3.76. The fourth-order valence-electron chi connectivity index (χ4n) is 2.50. The molecule has 6 nitrogen and oxygen atoms in total. The van der Waals surface area contributed by atoms with E-state index in [9.17, 15) is 4.79 Å². The number of benzene rings is 1. The van der Waals surface area contributed by atoms with E-state index < -0.39 is 0 Å². The number of hydrogen-bond donors (Lipinski definition) is 0. The smallest absolute Gasteiger partial charge is 0.254 e. The molecule has 0 aliphatic heterocycles. The summed E-state index contributed by atoms with van der Waals surface area (Å²) in [7, 11) is 4.84. The van der Waals surface area contributed by atoms with E-state index in [1.807, 2.05) is 13.0 Å². The number of aryl methyl sites for hydroxylation is 1. The van der Waals surface area contributed by atoms with Crippen LogP contribution in [0.25, 0.3) is 0 Å². The average Bonchev–Trinajstić information content (AvgIpc) is 2.98. The number of nitrogens with zero attached hydrogens (tertiary/aromatic N) is 2. The van der Waals surface area contributed by atoms with Gasteiger partial charge in [-0.1, -0.05) is 11.2 Å². The predicted molar refractivity (Wildman–Crippen MR) is 90.5 cm³/mol. The highest BCUT2D eigenvalue weighted by Gasteiger charge is 2.19. The van der Waals surface area contributed by atoms with Crippen molar-refractivity contribution < 1.29 is 18.8 Å². The molecule has 1 heterocycles. The summed E-state index contributed by atoms with van der Waals surface area (Å²) in [6.45, 7) is 5.92. The Morgan fingerprint density at radius 3 is 2.62 bits per heavy atom. The Balaban J connectivity index is 2.30. The maximum Gasteiger partial charge on any atom is 0.254 e. The fraction of sp³-hybridized carbons (Fsp3) is 0.333. The third-order valence-electron chi connectivity index (χ3n) is 3.59. The predicted octanol–water partition coefficient (Wildman–Crippen LogP) is 3.00. The van der Waals surface area contributed by atoms with Gasteiger partial charge in [0.05, 0.1) is 20.8 Å². The van der Waals surface area contributed by atoms with Crippen molar-refractivity contribution >= 4 is 5.91 Å². The van der Waals surface area contributed by atoms with Crippen LogP contribution in [0.15, 0.2) is 35.4 Å². The van der Waals surface area contributed by atoms with Gasteiger partial charge in [-0.3, -0.25) is 4.79 Å². The molecule has 1 aromatic carbocycles. The van der Waals surface area contributed by atoms with Crippen molar-refractivity contribution in [2.75, 3.05) is 21.3 Å². The number of carbonyl (C=O) groups excluding carboxylic acids is 1. The number of rotatable bonds is 7. The van der Waals surface area contributed by atoms with Crippen molar-refractivity contribution in [1.29, 1.82) is 0 Å². The Labute approximate surface area is 141 Å². The first-order valence-electron chi connectivity index (χ1n) is 7.53. The summed E-state index contributed by atoms with van der Waals surface area (Å²) in [5.74, 6) is 1.71. The normalized spacial score (nSPS) is 10.3. The molecule has 24 heavy (non-hydrogen) atoms. The van der Waals surface area contributed by atoms with Crippen LogP contribution in [0.2, 0.25) is 0 Å². The molecule has 0 N–H and O–H groups in total. The summed E-state index contributed by atoms with van der Waals surface area (Å²) in [6, 6.07) is 5.29. The highest BCUT2D eigenvalue weighted by Crippen LogP contribution is 2.33. The lowest BCUT2D eigenvalue weighted by molar-refractivity contribution is 0.0781. The quantitative estimate of drug-likeness (QED) is 0.730. The van der Waals surface area contributed by atoms with E-state index in [0.29, 0.717) is 41.5 Å². The minimum atomic E-state index is -0.137. The molecule has 1 aromatic heterocycles. The van der Waals surface area contributed by atoms with Gasteiger partial charge in [0.15, 0.2) is 11.5 Å².